The number of unbranched alkanes of at least 4 members (excludes halogenated alkanes) is 25. The van der Waals surface area contributed by atoms with Crippen molar-refractivity contribution in [2.45, 2.75) is 264 Å². The molecule has 70 heavy (non-hydrogen) atoms. The lowest BCUT2D eigenvalue weighted by atomic mass is 10.0. The van der Waals surface area contributed by atoms with E-state index in [1.165, 1.54) is 116 Å². The van der Waals surface area contributed by atoms with Gasteiger partial charge in [-0.15, -0.1) is 0 Å². The highest BCUT2D eigenvalue weighted by atomic mass is 31.2. The highest BCUT2D eigenvalue weighted by Crippen LogP contribution is 2.43. The standard InChI is InChI=1S/C58H103O11P/c1-4-7-10-13-16-19-21-23-25-27-29-31-33-36-39-42-45-48-57(61)68-54(50-59)52-66-70(63,64)67-53-55(51-65-56(60)47-44-41-38-35-18-15-12-9-6-3)69-58(62)49-46-43-40-37-34-32-30-28-26-24-22-20-17-14-11-8-5-2/h8,11,17,20,24,26,30,32,37,40,54-55,59H,4-7,9-10,12-16,18-19,21-23,25,27-29,31,33-36,38-39,41-53H2,1-3H3,(H,63,64)/b11-8-,20-17-,26-24-,32-30-,40-37-. The Labute approximate surface area is 427 Å². The topological polar surface area (TPSA) is 155 Å². The number of aliphatic hydroxyl groups is 1. The van der Waals surface area contributed by atoms with Crippen LogP contribution in [0.2, 0.25) is 0 Å². The van der Waals surface area contributed by atoms with Crippen molar-refractivity contribution in [2.24, 2.45) is 0 Å². The highest BCUT2D eigenvalue weighted by molar-refractivity contribution is 7.47. The summed E-state index contributed by atoms with van der Waals surface area (Å²) >= 11 is 0. The maximum Gasteiger partial charge on any atom is 0.472 e. The van der Waals surface area contributed by atoms with Gasteiger partial charge in [0.1, 0.15) is 12.7 Å². The average Bonchev–Trinajstić information content (AvgIpc) is 3.35. The van der Waals surface area contributed by atoms with Gasteiger partial charge in [-0.1, -0.05) is 236 Å². The van der Waals surface area contributed by atoms with Gasteiger partial charge in [0.15, 0.2) is 6.10 Å². The molecule has 2 N–H and O–H groups in total. The first-order valence-electron chi connectivity index (χ1n) is 28.2. The van der Waals surface area contributed by atoms with E-state index in [1.54, 1.807) is 0 Å². The van der Waals surface area contributed by atoms with Crippen LogP contribution in [0.1, 0.15) is 252 Å². The fourth-order valence-corrected chi connectivity index (χ4v) is 8.47. The number of esters is 3. The Morgan fingerprint density at radius 3 is 1.14 bits per heavy atom. The summed E-state index contributed by atoms with van der Waals surface area (Å²) in [5, 5.41) is 9.80. The van der Waals surface area contributed by atoms with Gasteiger partial charge >= 0.3 is 25.7 Å². The Kier molecular flexibility index (Phi) is 50.4. The molecular weight excluding hydrogens is 904 g/mol. The quantitative estimate of drug-likeness (QED) is 0.0197. The number of allylic oxidation sites excluding steroid dienone is 10. The molecule has 0 spiro atoms. The summed E-state index contributed by atoms with van der Waals surface area (Å²) in [7, 11) is -4.75. The molecule has 12 heteroatoms. The van der Waals surface area contributed by atoms with E-state index >= 15 is 0 Å². The van der Waals surface area contributed by atoms with E-state index in [-0.39, 0.29) is 25.9 Å². The van der Waals surface area contributed by atoms with E-state index in [0.717, 1.165) is 70.6 Å². The minimum Gasteiger partial charge on any atom is -0.462 e. The molecule has 11 nitrogen and oxygen atoms in total. The zero-order valence-corrected chi connectivity index (χ0v) is 45.6. The average molecular weight is 1010 g/mol. The van der Waals surface area contributed by atoms with Crippen molar-refractivity contribution >= 4 is 25.7 Å². The monoisotopic (exact) mass is 1010 g/mol. The van der Waals surface area contributed by atoms with Crippen LogP contribution in [0, 0.1) is 0 Å². The van der Waals surface area contributed by atoms with Gasteiger partial charge in [-0.05, 0) is 57.8 Å². The predicted octanol–water partition coefficient (Wildman–Crippen LogP) is 16.4. The number of rotatable bonds is 52. The zero-order chi connectivity index (χ0) is 51.3. The van der Waals surface area contributed by atoms with Crippen molar-refractivity contribution in [1.82, 2.24) is 0 Å². The molecule has 0 heterocycles. The van der Waals surface area contributed by atoms with Crippen molar-refractivity contribution in [3.63, 3.8) is 0 Å². The SMILES string of the molecule is CC/C=C\C/C=C\C/C=C\C/C=C\C/C=C\CCCC(=O)OC(COC(=O)CCCCCCCCCCC)COP(=O)(O)OCC(CO)OC(=O)CCCCCCCCCCCCCCCCCCC. The molecule has 0 aromatic rings. The summed E-state index contributed by atoms with van der Waals surface area (Å²) in [6, 6.07) is 0. The number of hydrogen-bond acceptors (Lipinski definition) is 10. The maximum atomic E-state index is 12.9. The summed E-state index contributed by atoms with van der Waals surface area (Å²) in [4.78, 5) is 48.3. The number of carbonyl (C=O) groups is 3. The van der Waals surface area contributed by atoms with E-state index in [9.17, 15) is 28.9 Å². The Morgan fingerprint density at radius 2 is 0.743 bits per heavy atom. The van der Waals surface area contributed by atoms with Crippen LogP contribution in [-0.4, -0.2) is 66.5 Å². The first-order valence-corrected chi connectivity index (χ1v) is 29.7. The van der Waals surface area contributed by atoms with Crippen molar-refractivity contribution in [1.29, 1.82) is 0 Å². The van der Waals surface area contributed by atoms with E-state index in [4.69, 9.17) is 23.3 Å². The first-order chi connectivity index (χ1) is 34.2. The van der Waals surface area contributed by atoms with Gasteiger partial charge in [-0.2, -0.15) is 0 Å². The normalized spacial score (nSPS) is 13.8. The van der Waals surface area contributed by atoms with Crippen LogP contribution in [0.4, 0.5) is 0 Å². The molecule has 0 saturated carbocycles. The summed E-state index contributed by atoms with van der Waals surface area (Å²) in [6.07, 6.45) is 56.3. The van der Waals surface area contributed by atoms with Crippen LogP contribution in [-0.2, 0) is 42.2 Å². The van der Waals surface area contributed by atoms with E-state index in [0.29, 0.717) is 25.7 Å². The largest absolute Gasteiger partial charge is 0.472 e. The number of hydrogen-bond donors (Lipinski definition) is 2. The molecule has 0 rings (SSSR count). The van der Waals surface area contributed by atoms with Crippen LogP contribution in [0.3, 0.4) is 0 Å². The third kappa shape index (κ3) is 50.1. The van der Waals surface area contributed by atoms with Crippen molar-refractivity contribution < 1.29 is 52.2 Å². The molecule has 0 bridgehead atoms. The highest BCUT2D eigenvalue weighted by Gasteiger charge is 2.28. The summed E-state index contributed by atoms with van der Waals surface area (Å²) in [5.41, 5.74) is 0. The lowest BCUT2D eigenvalue weighted by molar-refractivity contribution is -0.161. The van der Waals surface area contributed by atoms with Crippen molar-refractivity contribution in [3.05, 3.63) is 60.8 Å². The number of ether oxygens (including phenoxy) is 3. The Morgan fingerprint density at radius 1 is 0.414 bits per heavy atom. The van der Waals surface area contributed by atoms with Crippen LogP contribution < -0.4 is 0 Å². The molecule has 0 aliphatic heterocycles. The van der Waals surface area contributed by atoms with Gasteiger partial charge in [0.05, 0.1) is 19.8 Å². The number of carbonyl (C=O) groups excluding carboxylic acids is 3. The predicted molar refractivity (Wildman–Crippen MR) is 288 cm³/mol. The Hall–Kier alpha value is -2.82. The minimum atomic E-state index is -4.75. The smallest absolute Gasteiger partial charge is 0.462 e. The molecule has 0 saturated heterocycles. The molecule has 3 atom stereocenters. The molecular formula is C58H103O11P. The molecule has 0 fully saturated rings. The van der Waals surface area contributed by atoms with E-state index in [1.807, 2.05) is 12.2 Å². The fourth-order valence-electron chi connectivity index (χ4n) is 7.69. The van der Waals surface area contributed by atoms with Gasteiger partial charge in [0.25, 0.3) is 0 Å². The molecule has 0 aliphatic rings. The van der Waals surface area contributed by atoms with Crippen LogP contribution in [0.5, 0.6) is 0 Å². The number of aliphatic hydroxyl groups excluding tert-OH is 1. The van der Waals surface area contributed by atoms with Crippen LogP contribution in [0.15, 0.2) is 60.8 Å². The van der Waals surface area contributed by atoms with Gasteiger partial charge in [-0.3, -0.25) is 23.4 Å². The summed E-state index contributed by atoms with van der Waals surface area (Å²) < 4.78 is 39.4. The van der Waals surface area contributed by atoms with E-state index in [2.05, 4.69) is 69.4 Å². The Bertz CT molecular complexity index is 1410. The maximum absolute atomic E-state index is 12.9. The van der Waals surface area contributed by atoms with Gasteiger partial charge in [0.2, 0.25) is 0 Å². The fraction of sp³-hybridized carbons (Fsp3) is 0.776. The molecule has 0 aromatic carbocycles. The second-order valence-corrected chi connectivity index (χ2v) is 20.2. The minimum absolute atomic E-state index is 0.0908. The first kappa shape index (κ1) is 67.2. The van der Waals surface area contributed by atoms with E-state index < -0.39 is 57.8 Å². The third-order valence-corrected chi connectivity index (χ3v) is 12.9. The van der Waals surface area contributed by atoms with Crippen molar-refractivity contribution in [2.75, 3.05) is 26.4 Å². The molecule has 0 aromatic heterocycles. The van der Waals surface area contributed by atoms with Crippen molar-refractivity contribution in [3.8, 4) is 0 Å². The van der Waals surface area contributed by atoms with Gasteiger partial charge in [-0.25, -0.2) is 4.57 Å². The molecule has 0 aliphatic carbocycles. The second-order valence-electron chi connectivity index (χ2n) is 18.7. The lowest BCUT2D eigenvalue weighted by Gasteiger charge is -2.21. The molecule has 0 radical (unpaired) electrons. The molecule has 3 unspecified atom stereocenters. The molecule has 406 valence electrons. The lowest BCUT2D eigenvalue weighted by Crippen LogP contribution is -2.30. The summed E-state index contributed by atoms with van der Waals surface area (Å²) in [6.45, 7) is 4.46. The Balaban J connectivity index is 4.68. The second kappa shape index (κ2) is 52.5. The number of phosphoric acid groups is 1. The van der Waals surface area contributed by atoms with Gasteiger partial charge in [0, 0.05) is 19.3 Å². The molecule has 0 amide bonds. The summed E-state index contributed by atoms with van der Waals surface area (Å²) in [5.74, 6) is -1.53. The van der Waals surface area contributed by atoms with Crippen LogP contribution >= 0.6 is 7.82 Å². The third-order valence-electron chi connectivity index (χ3n) is 12.0. The van der Waals surface area contributed by atoms with Crippen LogP contribution in [0.25, 0.3) is 0 Å². The zero-order valence-electron chi connectivity index (χ0n) is 44.7. The number of phosphoric ester groups is 1. The van der Waals surface area contributed by atoms with Gasteiger partial charge < -0.3 is 24.2 Å².